The van der Waals surface area contributed by atoms with Crippen molar-refractivity contribution in [3.05, 3.63) is 99.9 Å². The van der Waals surface area contributed by atoms with Crippen molar-refractivity contribution in [3.8, 4) is 0 Å². The maximum atomic E-state index is 13.5. The molecule has 2 fully saturated rings. The fourth-order valence-corrected chi connectivity index (χ4v) is 4.33. The predicted molar refractivity (Wildman–Crippen MR) is 117 cm³/mol. The van der Waals surface area contributed by atoms with Gasteiger partial charge in [0.15, 0.2) is 6.10 Å². The van der Waals surface area contributed by atoms with E-state index in [1.807, 2.05) is 31.2 Å². The van der Waals surface area contributed by atoms with E-state index in [0.29, 0.717) is 5.69 Å². The third-order valence-electron chi connectivity index (χ3n) is 5.91. The van der Waals surface area contributed by atoms with Crippen molar-refractivity contribution in [2.75, 3.05) is 9.96 Å². The smallest absolute Gasteiger partial charge is 0.271 e. The number of hydrogen-bond donors (Lipinski definition) is 0. The number of nitro benzene ring substituents is 1. The summed E-state index contributed by atoms with van der Waals surface area (Å²) in [5.41, 5.74) is 2.22. The number of fused-ring (bicyclic) bond motifs is 1. The van der Waals surface area contributed by atoms with Crippen LogP contribution in [0.2, 0.25) is 0 Å². The van der Waals surface area contributed by atoms with Gasteiger partial charge in [0.25, 0.3) is 11.6 Å². The highest BCUT2D eigenvalue weighted by molar-refractivity contribution is 6.23. The van der Waals surface area contributed by atoms with Gasteiger partial charge in [-0.25, -0.2) is 14.4 Å². The van der Waals surface area contributed by atoms with Gasteiger partial charge in [-0.2, -0.15) is 0 Å². The van der Waals surface area contributed by atoms with Crippen molar-refractivity contribution in [1.82, 2.24) is 0 Å². The summed E-state index contributed by atoms with van der Waals surface area (Å²) in [5, 5.41) is 12.7. The molecule has 9 heteroatoms. The average Bonchev–Trinajstić information content (AvgIpc) is 3.31. The van der Waals surface area contributed by atoms with Crippen LogP contribution in [0.4, 0.5) is 21.5 Å². The van der Waals surface area contributed by atoms with Gasteiger partial charge in [0.1, 0.15) is 11.7 Å². The lowest BCUT2D eigenvalue weighted by Crippen LogP contribution is -2.37. The minimum absolute atomic E-state index is 0.138. The standard InChI is InChI=1S/C24H18FN3O5/c1-14-5-7-15(8-6-14)21-20-22(33-27(21)18-3-2-4-19(13-18)28(31)32)24(30)26(23(20)29)17-11-9-16(25)10-12-17/h2-13,20-22H,1H3/t20-,21-,22-/m0/s1. The van der Waals surface area contributed by atoms with E-state index in [9.17, 15) is 24.1 Å². The Morgan fingerprint density at radius 1 is 0.939 bits per heavy atom. The number of nitrogens with zero attached hydrogens (tertiary/aromatic N) is 3. The summed E-state index contributed by atoms with van der Waals surface area (Å²) >= 11 is 0. The van der Waals surface area contributed by atoms with E-state index < -0.39 is 40.6 Å². The summed E-state index contributed by atoms with van der Waals surface area (Å²) in [6.07, 6.45) is -1.12. The quantitative estimate of drug-likeness (QED) is 0.340. The Morgan fingerprint density at radius 2 is 1.64 bits per heavy atom. The topological polar surface area (TPSA) is 93.0 Å². The highest BCUT2D eigenvalue weighted by atomic mass is 19.1. The molecule has 166 valence electrons. The second-order valence-corrected chi connectivity index (χ2v) is 8.00. The largest absolute Gasteiger partial charge is 0.273 e. The zero-order chi connectivity index (χ0) is 23.3. The van der Waals surface area contributed by atoms with E-state index in [-0.39, 0.29) is 11.4 Å². The van der Waals surface area contributed by atoms with Crippen LogP contribution in [0.25, 0.3) is 0 Å². The zero-order valence-corrected chi connectivity index (χ0v) is 17.4. The maximum absolute atomic E-state index is 13.5. The molecule has 2 amide bonds. The highest BCUT2D eigenvalue weighted by Crippen LogP contribution is 2.48. The summed E-state index contributed by atoms with van der Waals surface area (Å²) < 4.78 is 13.4. The number of anilines is 2. The minimum atomic E-state index is -1.12. The first-order valence-electron chi connectivity index (χ1n) is 10.3. The number of imide groups is 1. The molecular formula is C24H18FN3O5. The second kappa shape index (κ2) is 7.79. The van der Waals surface area contributed by atoms with Gasteiger partial charge in [0.05, 0.1) is 22.3 Å². The van der Waals surface area contributed by atoms with Crippen LogP contribution in [0.15, 0.2) is 72.8 Å². The van der Waals surface area contributed by atoms with E-state index in [0.717, 1.165) is 16.0 Å². The van der Waals surface area contributed by atoms with Gasteiger partial charge in [0.2, 0.25) is 5.91 Å². The molecule has 5 rings (SSSR count). The molecule has 33 heavy (non-hydrogen) atoms. The highest BCUT2D eigenvalue weighted by Gasteiger charge is 2.60. The summed E-state index contributed by atoms with van der Waals surface area (Å²) in [4.78, 5) is 44.5. The summed E-state index contributed by atoms with van der Waals surface area (Å²) in [7, 11) is 0. The number of carbonyl (C=O) groups is 2. The van der Waals surface area contributed by atoms with E-state index in [4.69, 9.17) is 4.84 Å². The van der Waals surface area contributed by atoms with Gasteiger partial charge in [-0.15, -0.1) is 0 Å². The summed E-state index contributed by atoms with van der Waals surface area (Å²) in [6.45, 7) is 1.93. The van der Waals surface area contributed by atoms with Crippen molar-refractivity contribution in [2.45, 2.75) is 19.1 Å². The molecule has 2 heterocycles. The summed E-state index contributed by atoms with van der Waals surface area (Å²) in [5.74, 6) is -2.41. The van der Waals surface area contributed by atoms with Crippen molar-refractivity contribution < 1.29 is 23.7 Å². The number of non-ortho nitro benzene ring substituents is 1. The van der Waals surface area contributed by atoms with Gasteiger partial charge >= 0.3 is 0 Å². The number of nitro groups is 1. The van der Waals surface area contributed by atoms with E-state index >= 15 is 0 Å². The van der Waals surface area contributed by atoms with Crippen LogP contribution >= 0.6 is 0 Å². The SMILES string of the molecule is Cc1ccc([C@H]2[C@@H]3C(=O)N(c4ccc(F)cc4)C(=O)[C@H]3ON2c2cccc([N+](=O)[O-])c2)cc1. The minimum Gasteiger partial charge on any atom is -0.273 e. The number of amides is 2. The number of aryl methyl sites for hydroxylation is 1. The van der Waals surface area contributed by atoms with Crippen molar-refractivity contribution >= 4 is 28.9 Å². The van der Waals surface area contributed by atoms with Crippen molar-refractivity contribution in [3.63, 3.8) is 0 Å². The lowest BCUT2D eigenvalue weighted by Gasteiger charge is -2.28. The fraction of sp³-hybridized carbons (Fsp3) is 0.167. The molecule has 0 aliphatic carbocycles. The van der Waals surface area contributed by atoms with Gasteiger partial charge in [0, 0.05) is 12.1 Å². The number of carbonyl (C=O) groups excluding carboxylic acids is 2. The molecule has 2 aliphatic heterocycles. The Bertz CT molecular complexity index is 1260. The zero-order valence-electron chi connectivity index (χ0n) is 17.4. The molecule has 0 radical (unpaired) electrons. The molecular weight excluding hydrogens is 429 g/mol. The molecule has 3 atom stereocenters. The van der Waals surface area contributed by atoms with E-state index in [2.05, 4.69) is 0 Å². The number of halogens is 1. The third-order valence-corrected chi connectivity index (χ3v) is 5.91. The Kier molecular flexibility index (Phi) is 4.90. The van der Waals surface area contributed by atoms with Gasteiger partial charge in [-0.1, -0.05) is 35.9 Å². The first kappa shape index (κ1) is 20.8. The number of rotatable bonds is 4. The van der Waals surface area contributed by atoms with Crippen LogP contribution in [0.5, 0.6) is 0 Å². The van der Waals surface area contributed by atoms with E-state index in [1.54, 1.807) is 6.07 Å². The van der Waals surface area contributed by atoms with Crippen LogP contribution in [-0.2, 0) is 14.4 Å². The number of hydroxylamine groups is 1. The molecule has 0 N–H and O–H groups in total. The van der Waals surface area contributed by atoms with Crippen LogP contribution in [-0.4, -0.2) is 22.8 Å². The molecule has 2 saturated heterocycles. The summed E-state index contributed by atoms with van der Waals surface area (Å²) in [6, 6.07) is 17.7. The van der Waals surface area contributed by atoms with Crippen molar-refractivity contribution in [1.29, 1.82) is 0 Å². The van der Waals surface area contributed by atoms with Gasteiger partial charge in [-0.3, -0.25) is 24.5 Å². The Hall–Kier alpha value is -4.11. The normalized spacial score (nSPS) is 22.1. The van der Waals surface area contributed by atoms with Gasteiger partial charge < -0.3 is 0 Å². The fourth-order valence-electron chi connectivity index (χ4n) is 4.33. The lowest BCUT2D eigenvalue weighted by molar-refractivity contribution is -0.384. The van der Waals surface area contributed by atoms with Crippen molar-refractivity contribution in [2.24, 2.45) is 5.92 Å². The molecule has 0 unspecified atom stereocenters. The number of hydrogen-bond acceptors (Lipinski definition) is 6. The first-order chi connectivity index (χ1) is 15.8. The second-order valence-electron chi connectivity index (χ2n) is 8.00. The molecule has 2 aliphatic rings. The van der Waals surface area contributed by atoms with Crippen LogP contribution in [0.1, 0.15) is 17.2 Å². The molecule has 8 nitrogen and oxygen atoms in total. The predicted octanol–water partition coefficient (Wildman–Crippen LogP) is 4.09. The Morgan fingerprint density at radius 3 is 2.30 bits per heavy atom. The maximum Gasteiger partial charge on any atom is 0.271 e. The van der Waals surface area contributed by atoms with Crippen LogP contribution in [0.3, 0.4) is 0 Å². The molecule has 0 saturated carbocycles. The molecule has 0 spiro atoms. The van der Waals surface area contributed by atoms with E-state index in [1.165, 1.54) is 47.5 Å². The molecule has 0 aromatic heterocycles. The first-order valence-corrected chi connectivity index (χ1v) is 10.3. The average molecular weight is 447 g/mol. The molecule has 3 aromatic rings. The Labute approximate surface area is 187 Å². The third kappa shape index (κ3) is 3.42. The molecule has 3 aromatic carbocycles. The van der Waals surface area contributed by atoms with Crippen LogP contribution in [0, 0.1) is 28.8 Å². The van der Waals surface area contributed by atoms with Gasteiger partial charge in [-0.05, 0) is 42.8 Å². The monoisotopic (exact) mass is 447 g/mol. The Balaban J connectivity index is 1.59. The van der Waals surface area contributed by atoms with Crippen LogP contribution < -0.4 is 9.96 Å². The lowest BCUT2D eigenvalue weighted by atomic mass is 9.90. The molecule has 0 bridgehead atoms. The number of benzene rings is 3.